The van der Waals surface area contributed by atoms with Gasteiger partial charge in [-0.1, -0.05) is 6.07 Å². The molecule has 4 heteroatoms. The lowest BCUT2D eigenvalue weighted by atomic mass is 10.1. The topological polar surface area (TPSA) is 55.0 Å². The SMILES string of the molecule is COC(=O)Cc1ccc2[nH]c3ccncc3c2c1. The highest BCUT2D eigenvalue weighted by Crippen LogP contribution is 2.25. The maximum atomic E-state index is 11.3. The molecule has 0 saturated heterocycles. The zero-order valence-corrected chi connectivity index (χ0v) is 9.93. The molecule has 0 radical (unpaired) electrons. The third kappa shape index (κ3) is 1.72. The van der Waals surface area contributed by atoms with Crippen LogP contribution in [0.4, 0.5) is 0 Å². The zero-order valence-electron chi connectivity index (χ0n) is 9.93. The molecule has 1 N–H and O–H groups in total. The van der Waals surface area contributed by atoms with Crippen molar-refractivity contribution in [3.63, 3.8) is 0 Å². The number of hydrogen-bond donors (Lipinski definition) is 1. The summed E-state index contributed by atoms with van der Waals surface area (Å²) in [5.41, 5.74) is 3.04. The second kappa shape index (κ2) is 4.14. The van der Waals surface area contributed by atoms with E-state index >= 15 is 0 Å². The number of carbonyl (C=O) groups is 1. The molecule has 18 heavy (non-hydrogen) atoms. The molecule has 0 bridgehead atoms. The van der Waals surface area contributed by atoms with Gasteiger partial charge in [0.05, 0.1) is 13.5 Å². The van der Waals surface area contributed by atoms with Crippen molar-refractivity contribution in [3.05, 3.63) is 42.2 Å². The minimum absolute atomic E-state index is 0.229. The summed E-state index contributed by atoms with van der Waals surface area (Å²) >= 11 is 0. The number of H-pyrrole nitrogens is 1. The molecular formula is C14H12N2O2. The molecule has 3 aromatic rings. The van der Waals surface area contributed by atoms with Gasteiger partial charge in [0.1, 0.15) is 0 Å². The van der Waals surface area contributed by atoms with E-state index in [-0.39, 0.29) is 5.97 Å². The molecule has 2 aromatic heterocycles. The normalized spacial score (nSPS) is 10.9. The summed E-state index contributed by atoms with van der Waals surface area (Å²) in [6.45, 7) is 0. The second-order valence-corrected chi connectivity index (χ2v) is 4.18. The molecule has 0 spiro atoms. The minimum Gasteiger partial charge on any atom is -0.469 e. The van der Waals surface area contributed by atoms with Crippen molar-refractivity contribution in [2.45, 2.75) is 6.42 Å². The molecule has 0 amide bonds. The maximum absolute atomic E-state index is 11.3. The van der Waals surface area contributed by atoms with Crippen LogP contribution in [0, 0.1) is 0 Å². The number of carbonyl (C=O) groups excluding carboxylic acids is 1. The number of esters is 1. The van der Waals surface area contributed by atoms with Crippen LogP contribution in [0.1, 0.15) is 5.56 Å². The number of pyridine rings is 1. The van der Waals surface area contributed by atoms with Gasteiger partial charge in [-0.2, -0.15) is 0 Å². The van der Waals surface area contributed by atoms with E-state index < -0.39 is 0 Å². The van der Waals surface area contributed by atoms with Gasteiger partial charge in [-0.05, 0) is 23.8 Å². The lowest BCUT2D eigenvalue weighted by Gasteiger charge is -2.00. The summed E-state index contributed by atoms with van der Waals surface area (Å²) in [6.07, 6.45) is 3.88. The summed E-state index contributed by atoms with van der Waals surface area (Å²) in [6, 6.07) is 7.86. The van der Waals surface area contributed by atoms with Crippen molar-refractivity contribution in [2.75, 3.05) is 7.11 Å². The maximum Gasteiger partial charge on any atom is 0.309 e. The van der Waals surface area contributed by atoms with E-state index in [1.807, 2.05) is 30.5 Å². The van der Waals surface area contributed by atoms with E-state index in [0.29, 0.717) is 6.42 Å². The summed E-state index contributed by atoms with van der Waals surface area (Å²) in [4.78, 5) is 18.7. The summed E-state index contributed by atoms with van der Waals surface area (Å²) in [5.74, 6) is -0.229. The summed E-state index contributed by atoms with van der Waals surface area (Å²) < 4.78 is 4.68. The van der Waals surface area contributed by atoms with Gasteiger partial charge in [0.15, 0.2) is 0 Å². The van der Waals surface area contributed by atoms with Crippen LogP contribution >= 0.6 is 0 Å². The van der Waals surface area contributed by atoms with E-state index in [1.165, 1.54) is 7.11 Å². The van der Waals surface area contributed by atoms with Crippen LogP contribution < -0.4 is 0 Å². The Morgan fingerprint density at radius 1 is 1.28 bits per heavy atom. The Morgan fingerprint density at radius 2 is 2.11 bits per heavy atom. The third-order valence-corrected chi connectivity index (χ3v) is 3.04. The molecule has 2 heterocycles. The van der Waals surface area contributed by atoms with Gasteiger partial charge in [-0.15, -0.1) is 0 Å². The number of hydrogen-bond acceptors (Lipinski definition) is 3. The molecule has 90 valence electrons. The van der Waals surface area contributed by atoms with Crippen LogP contribution in [0.15, 0.2) is 36.7 Å². The number of ether oxygens (including phenoxy) is 1. The first-order valence-electron chi connectivity index (χ1n) is 5.69. The number of benzene rings is 1. The van der Waals surface area contributed by atoms with E-state index in [4.69, 9.17) is 0 Å². The molecule has 0 unspecified atom stereocenters. The van der Waals surface area contributed by atoms with Crippen LogP contribution in [0.25, 0.3) is 21.8 Å². The fourth-order valence-corrected chi connectivity index (χ4v) is 2.14. The zero-order chi connectivity index (χ0) is 12.5. The van der Waals surface area contributed by atoms with Crippen LogP contribution in [0.5, 0.6) is 0 Å². The van der Waals surface area contributed by atoms with Gasteiger partial charge in [-0.25, -0.2) is 0 Å². The van der Waals surface area contributed by atoms with E-state index in [2.05, 4.69) is 14.7 Å². The number of rotatable bonds is 2. The highest BCUT2D eigenvalue weighted by Gasteiger charge is 2.07. The van der Waals surface area contributed by atoms with E-state index in [1.54, 1.807) is 6.20 Å². The van der Waals surface area contributed by atoms with Gasteiger partial charge >= 0.3 is 5.97 Å². The predicted octanol–water partition coefficient (Wildman–Crippen LogP) is 2.43. The van der Waals surface area contributed by atoms with Gasteiger partial charge in [-0.3, -0.25) is 9.78 Å². The Balaban J connectivity index is 2.15. The third-order valence-electron chi connectivity index (χ3n) is 3.04. The first kappa shape index (κ1) is 10.8. The summed E-state index contributed by atoms with van der Waals surface area (Å²) in [7, 11) is 1.40. The predicted molar refractivity (Wildman–Crippen MR) is 69.3 cm³/mol. The Morgan fingerprint density at radius 3 is 2.94 bits per heavy atom. The van der Waals surface area contributed by atoms with Gasteiger partial charge in [0.2, 0.25) is 0 Å². The lowest BCUT2D eigenvalue weighted by Crippen LogP contribution is -2.03. The van der Waals surface area contributed by atoms with Gasteiger partial charge in [0, 0.05) is 34.2 Å². The van der Waals surface area contributed by atoms with Crippen LogP contribution in [0.3, 0.4) is 0 Å². The Kier molecular flexibility index (Phi) is 2.48. The average Bonchev–Trinajstić information content (AvgIpc) is 2.77. The molecule has 0 aliphatic heterocycles. The van der Waals surface area contributed by atoms with E-state index in [0.717, 1.165) is 27.4 Å². The van der Waals surface area contributed by atoms with Crippen LogP contribution in [-0.4, -0.2) is 23.0 Å². The minimum atomic E-state index is -0.229. The fourth-order valence-electron chi connectivity index (χ4n) is 2.14. The van der Waals surface area contributed by atoms with Gasteiger partial charge < -0.3 is 9.72 Å². The number of nitrogens with zero attached hydrogens (tertiary/aromatic N) is 1. The average molecular weight is 240 g/mol. The molecule has 0 fully saturated rings. The lowest BCUT2D eigenvalue weighted by molar-refractivity contribution is -0.139. The number of aromatic nitrogens is 2. The number of fused-ring (bicyclic) bond motifs is 3. The van der Waals surface area contributed by atoms with Crippen molar-refractivity contribution in [2.24, 2.45) is 0 Å². The first-order valence-corrected chi connectivity index (χ1v) is 5.69. The number of methoxy groups -OCH3 is 1. The largest absolute Gasteiger partial charge is 0.469 e. The van der Waals surface area contributed by atoms with Crippen molar-refractivity contribution < 1.29 is 9.53 Å². The first-order chi connectivity index (χ1) is 8.78. The summed E-state index contributed by atoms with van der Waals surface area (Å²) in [5, 5.41) is 2.15. The Bertz CT molecular complexity index is 731. The number of nitrogens with one attached hydrogen (secondary N) is 1. The smallest absolute Gasteiger partial charge is 0.309 e. The molecule has 0 aliphatic carbocycles. The Hall–Kier alpha value is -2.36. The van der Waals surface area contributed by atoms with E-state index in [9.17, 15) is 4.79 Å². The second-order valence-electron chi connectivity index (χ2n) is 4.18. The highest BCUT2D eigenvalue weighted by molar-refractivity contribution is 6.07. The molecule has 1 aromatic carbocycles. The van der Waals surface area contributed by atoms with Crippen molar-refractivity contribution in [1.82, 2.24) is 9.97 Å². The molecule has 0 saturated carbocycles. The molecule has 0 atom stereocenters. The van der Waals surface area contributed by atoms with Crippen LogP contribution in [-0.2, 0) is 16.0 Å². The van der Waals surface area contributed by atoms with Crippen LogP contribution in [0.2, 0.25) is 0 Å². The van der Waals surface area contributed by atoms with Gasteiger partial charge in [0.25, 0.3) is 0 Å². The molecular weight excluding hydrogens is 228 g/mol. The fraction of sp³-hybridized carbons (Fsp3) is 0.143. The monoisotopic (exact) mass is 240 g/mol. The quantitative estimate of drug-likeness (QED) is 0.700. The standard InChI is InChI=1S/C14H12N2O2/c1-18-14(17)7-9-2-3-12-10(6-9)11-8-15-5-4-13(11)16-12/h2-6,8,16H,7H2,1H3. The van der Waals surface area contributed by atoms with Crippen molar-refractivity contribution in [3.8, 4) is 0 Å². The highest BCUT2D eigenvalue weighted by atomic mass is 16.5. The molecule has 4 nitrogen and oxygen atoms in total. The van der Waals surface area contributed by atoms with Crippen molar-refractivity contribution in [1.29, 1.82) is 0 Å². The number of aromatic amines is 1. The molecule has 0 aliphatic rings. The van der Waals surface area contributed by atoms with Crippen molar-refractivity contribution >= 4 is 27.8 Å². The molecule has 3 rings (SSSR count). The Labute approximate surface area is 104 Å².